The maximum atomic E-state index is 4.58. The Hall–Kier alpha value is -1.40. The fourth-order valence-corrected chi connectivity index (χ4v) is 3.20. The Bertz CT molecular complexity index is 538. The number of nitrogens with zero attached hydrogens (tertiary/aromatic N) is 2. The number of guanidine groups is 1. The van der Waals surface area contributed by atoms with Gasteiger partial charge in [-0.25, -0.2) is 9.98 Å². The van der Waals surface area contributed by atoms with Crippen molar-refractivity contribution in [3.8, 4) is 0 Å². The first-order valence-electron chi connectivity index (χ1n) is 6.65. The van der Waals surface area contributed by atoms with Crippen LogP contribution in [0, 0.1) is 13.8 Å². The Morgan fingerprint density at radius 3 is 2.80 bits per heavy atom. The molecule has 0 aliphatic heterocycles. The highest BCUT2D eigenvalue weighted by atomic mass is 32.1. The van der Waals surface area contributed by atoms with E-state index in [1.165, 1.54) is 10.4 Å². The van der Waals surface area contributed by atoms with Gasteiger partial charge in [-0.05, 0) is 43.2 Å². The van der Waals surface area contributed by atoms with E-state index in [0.717, 1.165) is 29.8 Å². The first-order valence-corrected chi connectivity index (χ1v) is 8.41. The third kappa shape index (κ3) is 4.31. The van der Waals surface area contributed by atoms with Gasteiger partial charge in [0, 0.05) is 11.4 Å². The van der Waals surface area contributed by atoms with Gasteiger partial charge in [0.05, 0.1) is 18.8 Å². The summed E-state index contributed by atoms with van der Waals surface area (Å²) >= 11 is 3.44. The van der Waals surface area contributed by atoms with Crippen molar-refractivity contribution >= 4 is 28.6 Å². The lowest BCUT2D eigenvalue weighted by Crippen LogP contribution is -2.36. The molecule has 0 saturated carbocycles. The number of aryl methyl sites for hydroxylation is 2. The second-order valence-electron chi connectivity index (χ2n) is 4.43. The van der Waals surface area contributed by atoms with Crippen molar-refractivity contribution in [2.75, 3.05) is 6.54 Å². The van der Waals surface area contributed by atoms with Crippen molar-refractivity contribution in [2.24, 2.45) is 4.99 Å². The number of hydrogen-bond donors (Lipinski definition) is 2. The van der Waals surface area contributed by atoms with Crippen LogP contribution in [0.4, 0.5) is 0 Å². The van der Waals surface area contributed by atoms with Crippen LogP contribution < -0.4 is 10.6 Å². The van der Waals surface area contributed by atoms with Crippen LogP contribution in [0.15, 0.2) is 21.8 Å². The normalized spacial score (nSPS) is 11.7. The van der Waals surface area contributed by atoms with Crippen LogP contribution in [0.2, 0.25) is 0 Å². The SMILES string of the molecule is CCNC(=NCc1ccsc1)NCc1nc(C)c(C)s1. The van der Waals surface area contributed by atoms with E-state index in [1.54, 1.807) is 22.7 Å². The number of thiazole rings is 1. The zero-order valence-corrected chi connectivity index (χ0v) is 13.7. The Morgan fingerprint density at radius 1 is 1.35 bits per heavy atom. The van der Waals surface area contributed by atoms with Crippen molar-refractivity contribution in [1.82, 2.24) is 15.6 Å². The summed E-state index contributed by atoms with van der Waals surface area (Å²) in [5.41, 5.74) is 2.36. The molecule has 2 aromatic rings. The second kappa shape index (κ2) is 7.40. The van der Waals surface area contributed by atoms with Crippen LogP contribution in [-0.2, 0) is 13.1 Å². The molecule has 0 aliphatic carbocycles. The molecule has 2 aromatic heterocycles. The van der Waals surface area contributed by atoms with E-state index in [4.69, 9.17) is 0 Å². The number of rotatable bonds is 5. The molecule has 6 heteroatoms. The molecule has 0 saturated heterocycles. The van der Waals surface area contributed by atoms with Crippen molar-refractivity contribution < 1.29 is 0 Å². The zero-order valence-electron chi connectivity index (χ0n) is 12.1. The molecule has 0 spiro atoms. The van der Waals surface area contributed by atoms with Gasteiger partial charge in [-0.2, -0.15) is 11.3 Å². The third-order valence-electron chi connectivity index (χ3n) is 2.82. The monoisotopic (exact) mass is 308 g/mol. The van der Waals surface area contributed by atoms with Gasteiger partial charge in [0.2, 0.25) is 0 Å². The second-order valence-corrected chi connectivity index (χ2v) is 6.50. The van der Waals surface area contributed by atoms with Gasteiger partial charge in [-0.3, -0.25) is 0 Å². The van der Waals surface area contributed by atoms with Gasteiger partial charge in [0.1, 0.15) is 5.01 Å². The number of hydrogen-bond acceptors (Lipinski definition) is 4. The molecule has 0 amide bonds. The molecule has 0 fully saturated rings. The smallest absolute Gasteiger partial charge is 0.191 e. The average molecular weight is 308 g/mol. The van der Waals surface area contributed by atoms with E-state index in [2.05, 4.69) is 51.3 Å². The first kappa shape index (κ1) is 15.0. The quantitative estimate of drug-likeness (QED) is 0.659. The van der Waals surface area contributed by atoms with Gasteiger partial charge < -0.3 is 10.6 Å². The molecule has 108 valence electrons. The molecular formula is C14H20N4S2. The van der Waals surface area contributed by atoms with Gasteiger partial charge >= 0.3 is 0 Å². The molecule has 2 N–H and O–H groups in total. The number of thiophene rings is 1. The molecule has 2 rings (SSSR count). The van der Waals surface area contributed by atoms with E-state index >= 15 is 0 Å². The average Bonchev–Trinajstić information content (AvgIpc) is 3.04. The van der Waals surface area contributed by atoms with Crippen molar-refractivity contribution in [1.29, 1.82) is 0 Å². The first-order chi connectivity index (χ1) is 9.69. The minimum absolute atomic E-state index is 0.703. The number of nitrogens with one attached hydrogen (secondary N) is 2. The van der Waals surface area contributed by atoms with Crippen LogP contribution in [-0.4, -0.2) is 17.5 Å². The Kier molecular flexibility index (Phi) is 5.55. The molecular weight excluding hydrogens is 288 g/mol. The highest BCUT2D eigenvalue weighted by Crippen LogP contribution is 2.15. The topological polar surface area (TPSA) is 49.3 Å². The summed E-state index contributed by atoms with van der Waals surface area (Å²) < 4.78 is 0. The molecule has 20 heavy (non-hydrogen) atoms. The van der Waals surface area contributed by atoms with Crippen molar-refractivity contribution in [3.63, 3.8) is 0 Å². The summed E-state index contributed by atoms with van der Waals surface area (Å²) in [5.74, 6) is 0.837. The van der Waals surface area contributed by atoms with E-state index in [1.807, 2.05) is 6.92 Å². The van der Waals surface area contributed by atoms with Crippen LogP contribution in [0.5, 0.6) is 0 Å². The Labute approximate surface area is 128 Å². The van der Waals surface area contributed by atoms with Gasteiger partial charge in [0.15, 0.2) is 5.96 Å². The lowest BCUT2D eigenvalue weighted by atomic mass is 10.3. The summed E-state index contributed by atoms with van der Waals surface area (Å²) in [6.07, 6.45) is 0. The van der Waals surface area contributed by atoms with E-state index in [9.17, 15) is 0 Å². The summed E-state index contributed by atoms with van der Waals surface area (Å²) in [6, 6.07) is 2.10. The highest BCUT2D eigenvalue weighted by molar-refractivity contribution is 7.11. The van der Waals surface area contributed by atoms with Gasteiger partial charge in [0.25, 0.3) is 0 Å². The minimum atomic E-state index is 0.703. The van der Waals surface area contributed by atoms with E-state index in [0.29, 0.717) is 6.54 Å². The van der Waals surface area contributed by atoms with Gasteiger partial charge in [-0.1, -0.05) is 0 Å². The van der Waals surface area contributed by atoms with E-state index in [-0.39, 0.29) is 0 Å². The molecule has 0 bridgehead atoms. The molecule has 0 radical (unpaired) electrons. The Morgan fingerprint density at radius 2 is 2.20 bits per heavy atom. The third-order valence-corrected chi connectivity index (χ3v) is 4.63. The summed E-state index contributed by atoms with van der Waals surface area (Å²) in [7, 11) is 0. The zero-order chi connectivity index (χ0) is 14.4. The fraction of sp³-hybridized carbons (Fsp3) is 0.429. The van der Waals surface area contributed by atoms with Crippen LogP contribution in [0.1, 0.15) is 28.1 Å². The predicted molar refractivity (Wildman–Crippen MR) is 87.6 cm³/mol. The standard InChI is InChI=1S/C14H20N4S2/c1-4-15-14(16-7-12-5-6-19-9-12)17-8-13-18-10(2)11(3)20-13/h5-6,9H,4,7-8H2,1-3H3,(H2,15,16,17). The molecule has 2 heterocycles. The molecule has 0 atom stereocenters. The predicted octanol–water partition coefficient (Wildman–Crippen LogP) is 3.08. The van der Waals surface area contributed by atoms with Crippen LogP contribution >= 0.6 is 22.7 Å². The number of aromatic nitrogens is 1. The molecule has 4 nitrogen and oxygen atoms in total. The fourth-order valence-electron chi connectivity index (χ4n) is 1.67. The molecule has 0 aromatic carbocycles. The summed E-state index contributed by atoms with van der Waals surface area (Å²) in [4.78, 5) is 10.4. The Balaban J connectivity index is 1.93. The summed E-state index contributed by atoms with van der Waals surface area (Å²) in [6.45, 7) is 8.49. The van der Waals surface area contributed by atoms with Crippen molar-refractivity contribution in [2.45, 2.75) is 33.9 Å². The van der Waals surface area contributed by atoms with Crippen molar-refractivity contribution in [3.05, 3.63) is 38.0 Å². The minimum Gasteiger partial charge on any atom is -0.357 e. The van der Waals surface area contributed by atoms with Crippen LogP contribution in [0.3, 0.4) is 0 Å². The molecule has 0 unspecified atom stereocenters. The lowest BCUT2D eigenvalue weighted by Gasteiger charge is -2.09. The lowest BCUT2D eigenvalue weighted by molar-refractivity contribution is 0.810. The van der Waals surface area contributed by atoms with Crippen LogP contribution in [0.25, 0.3) is 0 Å². The number of aliphatic imine (C=N–C) groups is 1. The highest BCUT2D eigenvalue weighted by Gasteiger charge is 2.04. The maximum absolute atomic E-state index is 4.58. The summed E-state index contributed by atoms with van der Waals surface area (Å²) in [5, 5.41) is 11.9. The van der Waals surface area contributed by atoms with Gasteiger partial charge in [-0.15, -0.1) is 11.3 Å². The molecule has 0 aliphatic rings. The van der Waals surface area contributed by atoms with E-state index < -0.39 is 0 Å². The largest absolute Gasteiger partial charge is 0.357 e. The maximum Gasteiger partial charge on any atom is 0.191 e.